The molecule has 0 saturated heterocycles. The van der Waals surface area contributed by atoms with Crippen LogP contribution in [0, 0.1) is 5.92 Å². The van der Waals surface area contributed by atoms with Gasteiger partial charge in [-0.25, -0.2) is 14.8 Å². The normalized spacial score (nSPS) is 14.7. The maximum Gasteiger partial charge on any atom is 0.326 e. The topological polar surface area (TPSA) is 208 Å². The number of nitrogens with one attached hydrogen (secondary N) is 5. The average Bonchev–Trinajstić information content (AvgIpc) is 3.45. The number of aromatic nitrogens is 4. The van der Waals surface area contributed by atoms with E-state index in [2.05, 4.69) is 35.9 Å². The minimum atomic E-state index is -1.23. The van der Waals surface area contributed by atoms with Crippen LogP contribution in [0.15, 0.2) is 25.0 Å². The SMILES string of the molecule is CC(NC(=O)C(Cc1cnc[nH]1)NC(=O)C(N)C(C)C)C(=O)NC(Cc1cnc[nH]1)C(=O)O. The van der Waals surface area contributed by atoms with Crippen molar-refractivity contribution in [1.82, 2.24) is 35.9 Å². The lowest BCUT2D eigenvalue weighted by molar-refractivity contribution is -0.142. The molecule has 0 aromatic carbocycles. The highest BCUT2D eigenvalue weighted by Crippen LogP contribution is 2.04. The summed E-state index contributed by atoms with van der Waals surface area (Å²) in [5, 5.41) is 16.9. The van der Waals surface area contributed by atoms with Gasteiger partial charge in [-0.15, -0.1) is 0 Å². The lowest BCUT2D eigenvalue weighted by Crippen LogP contribution is -2.57. The molecule has 0 aliphatic rings. The predicted octanol–water partition coefficient (Wildman–Crippen LogP) is -1.54. The average molecular weight is 463 g/mol. The monoisotopic (exact) mass is 462 g/mol. The van der Waals surface area contributed by atoms with E-state index in [0.717, 1.165) is 0 Å². The van der Waals surface area contributed by atoms with Gasteiger partial charge in [0.05, 0.1) is 18.7 Å². The van der Waals surface area contributed by atoms with Gasteiger partial charge in [0.1, 0.15) is 18.1 Å². The van der Waals surface area contributed by atoms with Crippen LogP contribution in [-0.4, -0.2) is 72.9 Å². The second-order valence-electron chi connectivity index (χ2n) is 8.02. The van der Waals surface area contributed by atoms with Crippen LogP contribution >= 0.6 is 0 Å². The molecule has 3 amide bonds. The second kappa shape index (κ2) is 11.8. The van der Waals surface area contributed by atoms with E-state index in [1.807, 2.05) is 0 Å². The van der Waals surface area contributed by atoms with E-state index >= 15 is 0 Å². The Hall–Kier alpha value is -3.74. The summed E-state index contributed by atoms with van der Waals surface area (Å²) in [7, 11) is 0. The standard InChI is InChI=1S/C20H30N8O5/c1-10(2)16(21)19(31)27-14(4-12-6-22-8-24-12)18(30)26-11(3)17(29)28-15(20(32)33)5-13-7-23-9-25-13/h6-11,14-16H,4-5,21H2,1-3H3,(H,22,24)(H,23,25)(H,26,30)(H,27,31)(H,28,29)(H,32,33). The summed E-state index contributed by atoms with van der Waals surface area (Å²) >= 11 is 0. The molecular formula is C20H30N8O5. The molecule has 8 N–H and O–H groups in total. The number of rotatable bonds is 12. The quantitative estimate of drug-likeness (QED) is 0.196. The fraction of sp³-hybridized carbons (Fsp3) is 0.500. The number of aliphatic carboxylic acids is 1. The minimum Gasteiger partial charge on any atom is -0.480 e. The molecule has 2 rings (SSSR count). The molecule has 2 aromatic heterocycles. The van der Waals surface area contributed by atoms with E-state index in [9.17, 15) is 24.3 Å². The zero-order valence-corrected chi connectivity index (χ0v) is 18.7. The number of carbonyl (C=O) groups excluding carboxylic acids is 3. The van der Waals surface area contributed by atoms with Crippen LogP contribution in [0.5, 0.6) is 0 Å². The molecule has 0 bridgehead atoms. The summed E-state index contributed by atoms with van der Waals surface area (Å²) in [4.78, 5) is 62.7. The Morgan fingerprint density at radius 2 is 1.39 bits per heavy atom. The van der Waals surface area contributed by atoms with Crippen molar-refractivity contribution in [2.24, 2.45) is 11.7 Å². The largest absolute Gasteiger partial charge is 0.480 e. The summed E-state index contributed by atoms with van der Waals surface area (Å²) in [6.45, 7) is 4.98. The number of carboxylic acids is 1. The fourth-order valence-corrected chi connectivity index (χ4v) is 2.89. The Balaban J connectivity index is 2.03. The molecule has 33 heavy (non-hydrogen) atoms. The maximum absolute atomic E-state index is 12.9. The van der Waals surface area contributed by atoms with E-state index in [1.54, 1.807) is 13.8 Å². The summed E-state index contributed by atoms with van der Waals surface area (Å²) in [5.74, 6) is -3.21. The number of carboxylic acid groups (broad SMARTS) is 1. The highest BCUT2D eigenvalue weighted by atomic mass is 16.4. The van der Waals surface area contributed by atoms with Crippen LogP contribution < -0.4 is 21.7 Å². The van der Waals surface area contributed by atoms with Crippen LogP contribution in [0.25, 0.3) is 0 Å². The van der Waals surface area contributed by atoms with E-state index in [1.165, 1.54) is 32.0 Å². The number of amides is 3. The molecule has 0 fully saturated rings. The highest BCUT2D eigenvalue weighted by Gasteiger charge is 2.29. The van der Waals surface area contributed by atoms with Crippen molar-refractivity contribution in [3.8, 4) is 0 Å². The molecule has 4 unspecified atom stereocenters. The van der Waals surface area contributed by atoms with Crippen LogP contribution in [0.1, 0.15) is 32.2 Å². The molecule has 0 aliphatic heterocycles. The van der Waals surface area contributed by atoms with E-state index in [4.69, 9.17) is 5.73 Å². The number of hydrogen-bond donors (Lipinski definition) is 7. The van der Waals surface area contributed by atoms with E-state index < -0.39 is 47.9 Å². The van der Waals surface area contributed by atoms with Gasteiger partial charge in [0.15, 0.2) is 0 Å². The van der Waals surface area contributed by atoms with E-state index in [0.29, 0.717) is 11.4 Å². The third kappa shape index (κ3) is 7.71. The maximum atomic E-state index is 12.9. The van der Waals surface area contributed by atoms with Crippen molar-refractivity contribution in [1.29, 1.82) is 0 Å². The lowest BCUT2D eigenvalue weighted by atomic mass is 10.0. The molecule has 0 saturated carbocycles. The Kier molecular flexibility index (Phi) is 9.09. The van der Waals surface area contributed by atoms with Crippen molar-refractivity contribution in [3.63, 3.8) is 0 Å². The molecule has 180 valence electrons. The Morgan fingerprint density at radius 1 is 0.879 bits per heavy atom. The molecule has 13 heteroatoms. The van der Waals surface area contributed by atoms with Crippen molar-refractivity contribution in [2.75, 3.05) is 0 Å². The Morgan fingerprint density at radius 3 is 1.85 bits per heavy atom. The number of nitrogens with two attached hydrogens (primary N) is 1. The molecule has 2 aromatic rings. The van der Waals surface area contributed by atoms with Gasteiger partial charge in [-0.2, -0.15) is 0 Å². The molecule has 0 spiro atoms. The number of nitrogens with zero attached hydrogens (tertiary/aromatic N) is 2. The lowest BCUT2D eigenvalue weighted by Gasteiger charge is -2.24. The summed E-state index contributed by atoms with van der Waals surface area (Å²) < 4.78 is 0. The zero-order valence-electron chi connectivity index (χ0n) is 18.7. The third-order valence-corrected chi connectivity index (χ3v) is 4.98. The van der Waals surface area contributed by atoms with Crippen molar-refractivity contribution in [3.05, 3.63) is 36.4 Å². The van der Waals surface area contributed by atoms with E-state index in [-0.39, 0.29) is 18.8 Å². The van der Waals surface area contributed by atoms with Gasteiger partial charge in [-0.05, 0) is 12.8 Å². The smallest absolute Gasteiger partial charge is 0.326 e. The summed E-state index contributed by atoms with van der Waals surface area (Å²) in [6, 6.07) is -4.14. The predicted molar refractivity (Wildman–Crippen MR) is 116 cm³/mol. The number of aromatic amines is 2. The number of imidazole rings is 2. The first-order chi connectivity index (χ1) is 15.6. The molecule has 2 heterocycles. The van der Waals surface area contributed by atoms with Crippen molar-refractivity contribution in [2.45, 2.75) is 57.8 Å². The van der Waals surface area contributed by atoms with Crippen molar-refractivity contribution < 1.29 is 24.3 Å². The number of carbonyl (C=O) groups is 4. The van der Waals surface area contributed by atoms with Crippen molar-refractivity contribution >= 4 is 23.7 Å². The van der Waals surface area contributed by atoms with Gasteiger partial charge < -0.3 is 36.8 Å². The van der Waals surface area contributed by atoms with Gasteiger partial charge in [0, 0.05) is 36.6 Å². The third-order valence-electron chi connectivity index (χ3n) is 4.98. The van der Waals surface area contributed by atoms with Gasteiger partial charge in [-0.3, -0.25) is 14.4 Å². The first kappa shape index (κ1) is 25.5. The molecule has 4 atom stereocenters. The first-order valence-electron chi connectivity index (χ1n) is 10.4. The second-order valence-corrected chi connectivity index (χ2v) is 8.02. The van der Waals surface area contributed by atoms with Crippen LogP contribution in [0.2, 0.25) is 0 Å². The zero-order chi connectivity index (χ0) is 24.5. The molecule has 0 radical (unpaired) electrons. The molecule has 13 nitrogen and oxygen atoms in total. The van der Waals surface area contributed by atoms with Gasteiger partial charge in [0.2, 0.25) is 17.7 Å². The van der Waals surface area contributed by atoms with Crippen LogP contribution in [0.4, 0.5) is 0 Å². The number of H-pyrrole nitrogens is 2. The Labute approximate surface area is 190 Å². The molecular weight excluding hydrogens is 432 g/mol. The fourth-order valence-electron chi connectivity index (χ4n) is 2.89. The summed E-state index contributed by atoms with van der Waals surface area (Å²) in [6.07, 6.45) is 5.89. The molecule has 0 aliphatic carbocycles. The summed E-state index contributed by atoms with van der Waals surface area (Å²) in [5.41, 5.74) is 7.00. The van der Waals surface area contributed by atoms with Crippen LogP contribution in [-0.2, 0) is 32.0 Å². The highest BCUT2D eigenvalue weighted by molar-refractivity contribution is 5.94. The Bertz CT molecular complexity index is 928. The minimum absolute atomic E-state index is 0.00661. The van der Waals surface area contributed by atoms with Gasteiger partial charge >= 0.3 is 5.97 Å². The number of hydrogen-bond acceptors (Lipinski definition) is 7. The first-order valence-corrected chi connectivity index (χ1v) is 10.4. The van der Waals surface area contributed by atoms with Crippen LogP contribution in [0.3, 0.4) is 0 Å². The van der Waals surface area contributed by atoms with Gasteiger partial charge in [0.25, 0.3) is 0 Å². The van der Waals surface area contributed by atoms with Gasteiger partial charge in [-0.1, -0.05) is 13.8 Å².